The number of rotatable bonds is 3. The number of amides is 3. The standard InChI is InChI=1S/C25H26ClN3O4/c26-18-11-10-17(15-20(18)28-14-6-9-23(28)30)24(31)29-16-22(25(32)27-12-4-1-5-13-27)33-21-8-3-2-7-19(21)29/h2-3,7-8,10-11,15,22H,1,4-6,9,12-14,16H2. The van der Waals surface area contributed by atoms with Crippen molar-refractivity contribution < 1.29 is 19.1 Å². The van der Waals surface area contributed by atoms with Crippen molar-refractivity contribution in [2.24, 2.45) is 0 Å². The van der Waals surface area contributed by atoms with Crippen molar-refractivity contribution in [3.63, 3.8) is 0 Å². The van der Waals surface area contributed by atoms with Gasteiger partial charge in [-0.1, -0.05) is 23.7 Å². The molecule has 0 radical (unpaired) electrons. The Kier molecular flexibility index (Phi) is 5.98. The normalized spacial score (nSPS) is 20.5. The molecule has 0 aromatic heterocycles. The number of carbonyl (C=O) groups excluding carboxylic acids is 3. The molecule has 0 spiro atoms. The Bertz CT molecular complexity index is 1100. The largest absolute Gasteiger partial charge is 0.476 e. The Hall–Kier alpha value is -3.06. The minimum Gasteiger partial charge on any atom is -0.476 e. The van der Waals surface area contributed by atoms with Crippen LogP contribution in [0.3, 0.4) is 0 Å². The highest BCUT2D eigenvalue weighted by molar-refractivity contribution is 6.34. The van der Waals surface area contributed by atoms with Crippen LogP contribution in [0.1, 0.15) is 42.5 Å². The number of piperidine rings is 1. The SMILES string of the molecule is O=C(C1CN(C(=O)c2ccc(Cl)c(N3CCCC3=O)c2)c2ccccc2O1)N1CCCCC1. The fourth-order valence-electron chi connectivity index (χ4n) is 4.78. The second kappa shape index (κ2) is 9.06. The quantitative estimate of drug-likeness (QED) is 0.686. The van der Waals surface area contributed by atoms with E-state index in [9.17, 15) is 14.4 Å². The molecule has 1 atom stereocenters. The van der Waals surface area contributed by atoms with Crippen molar-refractivity contribution in [2.75, 3.05) is 36.0 Å². The van der Waals surface area contributed by atoms with Gasteiger partial charge in [-0.15, -0.1) is 0 Å². The molecule has 0 aliphatic carbocycles. The maximum absolute atomic E-state index is 13.7. The van der Waals surface area contributed by atoms with Crippen molar-refractivity contribution in [1.82, 2.24) is 4.90 Å². The maximum Gasteiger partial charge on any atom is 0.265 e. The molecule has 3 aliphatic heterocycles. The molecule has 0 saturated carbocycles. The van der Waals surface area contributed by atoms with Gasteiger partial charge in [0.05, 0.1) is 22.9 Å². The van der Waals surface area contributed by atoms with Crippen molar-refractivity contribution in [2.45, 2.75) is 38.2 Å². The molecular weight excluding hydrogens is 442 g/mol. The van der Waals surface area contributed by atoms with Gasteiger partial charge in [-0.2, -0.15) is 0 Å². The van der Waals surface area contributed by atoms with Crippen LogP contribution in [0, 0.1) is 0 Å². The number of para-hydroxylation sites is 2. The molecule has 2 fully saturated rings. The summed E-state index contributed by atoms with van der Waals surface area (Å²) in [6.45, 7) is 2.16. The summed E-state index contributed by atoms with van der Waals surface area (Å²) in [5.41, 5.74) is 1.58. The highest BCUT2D eigenvalue weighted by Gasteiger charge is 2.37. The number of hydrogen-bond donors (Lipinski definition) is 0. The van der Waals surface area contributed by atoms with Gasteiger partial charge in [0.25, 0.3) is 11.8 Å². The first-order valence-corrected chi connectivity index (χ1v) is 11.9. The average Bonchev–Trinajstić information content (AvgIpc) is 3.28. The van der Waals surface area contributed by atoms with E-state index in [1.54, 1.807) is 34.1 Å². The molecule has 1 unspecified atom stereocenters. The molecule has 5 rings (SSSR count). The molecule has 0 bridgehead atoms. The van der Waals surface area contributed by atoms with Crippen molar-refractivity contribution in [3.05, 3.63) is 53.1 Å². The van der Waals surface area contributed by atoms with E-state index in [1.807, 2.05) is 23.1 Å². The van der Waals surface area contributed by atoms with Crippen LogP contribution in [0.4, 0.5) is 11.4 Å². The number of anilines is 2. The molecule has 0 N–H and O–H groups in total. The number of nitrogens with zero attached hydrogens (tertiary/aromatic N) is 3. The summed E-state index contributed by atoms with van der Waals surface area (Å²) in [7, 11) is 0. The van der Waals surface area contributed by atoms with Crippen molar-refractivity contribution in [3.8, 4) is 5.75 Å². The van der Waals surface area contributed by atoms with Crippen molar-refractivity contribution >= 4 is 40.7 Å². The molecule has 3 aliphatic rings. The zero-order valence-corrected chi connectivity index (χ0v) is 19.1. The summed E-state index contributed by atoms with van der Waals surface area (Å²) in [4.78, 5) is 44.2. The van der Waals surface area contributed by atoms with E-state index < -0.39 is 6.10 Å². The van der Waals surface area contributed by atoms with E-state index in [0.29, 0.717) is 40.7 Å². The number of carbonyl (C=O) groups is 3. The van der Waals surface area contributed by atoms with E-state index in [0.717, 1.165) is 38.8 Å². The third-order valence-corrected chi connectivity index (χ3v) is 6.84. The Labute approximate surface area is 197 Å². The number of likely N-dealkylation sites (tertiary alicyclic amines) is 1. The molecule has 33 heavy (non-hydrogen) atoms. The molecule has 2 saturated heterocycles. The lowest BCUT2D eigenvalue weighted by Gasteiger charge is -2.37. The third kappa shape index (κ3) is 4.17. The monoisotopic (exact) mass is 467 g/mol. The fourth-order valence-corrected chi connectivity index (χ4v) is 5.00. The number of ether oxygens (including phenoxy) is 1. The summed E-state index contributed by atoms with van der Waals surface area (Å²) >= 11 is 6.37. The average molecular weight is 468 g/mol. The second-order valence-corrected chi connectivity index (χ2v) is 9.10. The van der Waals surface area contributed by atoms with Crippen LogP contribution in [0.15, 0.2) is 42.5 Å². The minimum atomic E-state index is -0.756. The van der Waals surface area contributed by atoms with Crippen LogP contribution in [0.25, 0.3) is 0 Å². The predicted molar refractivity (Wildman–Crippen MR) is 126 cm³/mol. The van der Waals surface area contributed by atoms with Crippen LogP contribution in [0.2, 0.25) is 5.02 Å². The van der Waals surface area contributed by atoms with E-state index >= 15 is 0 Å². The van der Waals surface area contributed by atoms with Crippen LogP contribution in [-0.2, 0) is 9.59 Å². The number of fused-ring (bicyclic) bond motifs is 1. The van der Waals surface area contributed by atoms with Gasteiger partial charge in [-0.25, -0.2) is 0 Å². The van der Waals surface area contributed by atoms with Crippen molar-refractivity contribution in [1.29, 1.82) is 0 Å². The first-order valence-electron chi connectivity index (χ1n) is 11.5. The van der Waals surface area contributed by atoms with Crippen LogP contribution in [-0.4, -0.2) is 54.9 Å². The lowest BCUT2D eigenvalue weighted by atomic mass is 10.1. The smallest absolute Gasteiger partial charge is 0.265 e. The lowest BCUT2D eigenvalue weighted by molar-refractivity contribution is -0.139. The molecule has 2 aromatic carbocycles. The van der Waals surface area contributed by atoms with Gasteiger partial charge >= 0.3 is 0 Å². The van der Waals surface area contributed by atoms with E-state index in [2.05, 4.69) is 0 Å². The summed E-state index contributed by atoms with van der Waals surface area (Å²) in [6.07, 6.45) is 3.59. The maximum atomic E-state index is 13.7. The van der Waals surface area contributed by atoms with Crippen LogP contribution < -0.4 is 14.5 Å². The zero-order chi connectivity index (χ0) is 22.9. The topological polar surface area (TPSA) is 70.2 Å². The second-order valence-electron chi connectivity index (χ2n) is 8.69. The van der Waals surface area contributed by atoms with Gasteiger partial charge in [-0.05, 0) is 56.0 Å². The van der Waals surface area contributed by atoms with Gasteiger partial charge < -0.3 is 19.4 Å². The number of hydrogen-bond acceptors (Lipinski definition) is 4. The van der Waals surface area contributed by atoms with Crippen LogP contribution in [0.5, 0.6) is 5.75 Å². The molecular formula is C25H26ClN3O4. The molecule has 2 aromatic rings. The fraction of sp³-hybridized carbons (Fsp3) is 0.400. The molecule has 3 amide bonds. The highest BCUT2D eigenvalue weighted by Crippen LogP contribution is 2.36. The van der Waals surface area contributed by atoms with E-state index in [1.165, 1.54) is 0 Å². The van der Waals surface area contributed by atoms with E-state index in [-0.39, 0.29) is 24.3 Å². The number of benzene rings is 2. The Morgan fingerprint density at radius 2 is 1.73 bits per heavy atom. The Morgan fingerprint density at radius 3 is 2.48 bits per heavy atom. The number of halogens is 1. The Balaban J connectivity index is 1.45. The van der Waals surface area contributed by atoms with Gasteiger partial charge in [0.1, 0.15) is 5.75 Å². The highest BCUT2D eigenvalue weighted by atomic mass is 35.5. The van der Waals surface area contributed by atoms with E-state index in [4.69, 9.17) is 16.3 Å². The van der Waals surface area contributed by atoms with Gasteiger partial charge in [-0.3, -0.25) is 14.4 Å². The molecule has 172 valence electrons. The van der Waals surface area contributed by atoms with Gasteiger partial charge in [0, 0.05) is 31.6 Å². The van der Waals surface area contributed by atoms with Gasteiger partial charge in [0.15, 0.2) is 6.10 Å². The lowest BCUT2D eigenvalue weighted by Crippen LogP contribution is -2.52. The molecule has 8 heteroatoms. The third-order valence-electron chi connectivity index (χ3n) is 6.52. The molecule has 3 heterocycles. The van der Waals surface area contributed by atoms with Gasteiger partial charge in [0.2, 0.25) is 5.91 Å². The predicted octanol–water partition coefficient (Wildman–Crippen LogP) is 3.89. The summed E-state index contributed by atoms with van der Waals surface area (Å²) in [5, 5.41) is 0.433. The summed E-state index contributed by atoms with van der Waals surface area (Å²) < 4.78 is 6.04. The first-order chi connectivity index (χ1) is 16.0. The first kappa shape index (κ1) is 21.8. The minimum absolute atomic E-state index is 0.00501. The Morgan fingerprint density at radius 1 is 0.939 bits per heavy atom. The van der Waals surface area contributed by atoms with Crippen LogP contribution >= 0.6 is 11.6 Å². The molecule has 7 nitrogen and oxygen atoms in total. The summed E-state index contributed by atoms with van der Waals surface area (Å²) in [5.74, 6) is 0.176. The summed E-state index contributed by atoms with van der Waals surface area (Å²) in [6, 6.07) is 12.2. The zero-order valence-electron chi connectivity index (χ0n) is 18.3.